The monoisotopic (exact) mass is 299 g/mol. The molecule has 6 heteroatoms. The molecule has 0 atom stereocenters. The standard InChI is InChI=1S/C10H7BrFN3S/c11-8-5-9(13)15-10(14-8)16-7-3-1-6(12)2-4-7/h1-5H,(H2,13,14,15). The van der Waals surface area contributed by atoms with E-state index in [9.17, 15) is 4.39 Å². The second kappa shape index (κ2) is 4.80. The first-order valence-corrected chi connectivity index (χ1v) is 5.98. The van der Waals surface area contributed by atoms with Crippen LogP contribution in [0.1, 0.15) is 0 Å². The Kier molecular flexibility index (Phi) is 3.40. The molecule has 0 saturated heterocycles. The number of hydrogen-bond acceptors (Lipinski definition) is 4. The minimum absolute atomic E-state index is 0.265. The van der Waals surface area contributed by atoms with Crippen molar-refractivity contribution in [3.8, 4) is 0 Å². The summed E-state index contributed by atoms with van der Waals surface area (Å²) in [7, 11) is 0. The Hall–Kier alpha value is -1.14. The van der Waals surface area contributed by atoms with E-state index < -0.39 is 0 Å². The fourth-order valence-electron chi connectivity index (χ4n) is 1.07. The number of nitrogen functional groups attached to an aromatic ring is 1. The van der Waals surface area contributed by atoms with E-state index in [0.29, 0.717) is 15.6 Å². The van der Waals surface area contributed by atoms with Crippen molar-refractivity contribution in [2.45, 2.75) is 10.1 Å². The lowest BCUT2D eigenvalue weighted by atomic mass is 10.4. The molecule has 0 radical (unpaired) electrons. The van der Waals surface area contributed by atoms with Crippen LogP contribution in [0.4, 0.5) is 10.2 Å². The maximum atomic E-state index is 12.7. The smallest absolute Gasteiger partial charge is 0.195 e. The summed E-state index contributed by atoms with van der Waals surface area (Å²) >= 11 is 4.56. The third kappa shape index (κ3) is 2.93. The SMILES string of the molecule is Nc1cc(Br)nc(Sc2ccc(F)cc2)n1. The zero-order valence-electron chi connectivity index (χ0n) is 8.02. The highest BCUT2D eigenvalue weighted by atomic mass is 79.9. The van der Waals surface area contributed by atoms with Crippen molar-refractivity contribution in [2.24, 2.45) is 0 Å². The van der Waals surface area contributed by atoms with Crippen molar-refractivity contribution in [1.29, 1.82) is 0 Å². The summed E-state index contributed by atoms with van der Waals surface area (Å²) in [5.41, 5.74) is 5.58. The molecule has 1 aromatic carbocycles. The first kappa shape index (κ1) is 11.3. The molecular formula is C10H7BrFN3S. The van der Waals surface area contributed by atoms with Gasteiger partial charge in [0, 0.05) is 11.0 Å². The molecule has 3 nitrogen and oxygen atoms in total. The van der Waals surface area contributed by atoms with Gasteiger partial charge in [0.25, 0.3) is 0 Å². The van der Waals surface area contributed by atoms with Crippen LogP contribution in [0.5, 0.6) is 0 Å². The number of nitrogens with two attached hydrogens (primary N) is 1. The van der Waals surface area contributed by atoms with Crippen molar-refractivity contribution < 1.29 is 4.39 Å². The number of aromatic nitrogens is 2. The van der Waals surface area contributed by atoms with Crippen molar-refractivity contribution >= 4 is 33.5 Å². The van der Waals surface area contributed by atoms with Crippen LogP contribution in [-0.2, 0) is 0 Å². The lowest BCUT2D eigenvalue weighted by Gasteiger charge is -2.01. The van der Waals surface area contributed by atoms with Crippen LogP contribution in [0.3, 0.4) is 0 Å². The molecule has 2 rings (SSSR count). The molecule has 0 aliphatic carbocycles. The summed E-state index contributed by atoms with van der Waals surface area (Å²) in [6.45, 7) is 0. The van der Waals surface area contributed by atoms with Gasteiger partial charge < -0.3 is 5.73 Å². The van der Waals surface area contributed by atoms with Crippen LogP contribution < -0.4 is 5.73 Å². The van der Waals surface area contributed by atoms with Gasteiger partial charge in [-0.3, -0.25) is 0 Å². The van der Waals surface area contributed by atoms with Gasteiger partial charge in [-0.15, -0.1) is 0 Å². The van der Waals surface area contributed by atoms with Crippen LogP contribution in [0, 0.1) is 5.82 Å². The topological polar surface area (TPSA) is 51.8 Å². The zero-order chi connectivity index (χ0) is 11.5. The maximum Gasteiger partial charge on any atom is 0.195 e. The van der Waals surface area contributed by atoms with Gasteiger partial charge in [-0.2, -0.15) is 0 Å². The molecule has 2 aromatic rings. The minimum Gasteiger partial charge on any atom is -0.384 e. The quantitative estimate of drug-likeness (QED) is 0.684. The van der Waals surface area contributed by atoms with Crippen LogP contribution in [-0.4, -0.2) is 9.97 Å². The molecule has 0 amide bonds. The maximum absolute atomic E-state index is 12.7. The van der Waals surface area contributed by atoms with Gasteiger partial charge in [-0.1, -0.05) is 0 Å². The molecule has 1 aromatic heterocycles. The first-order chi connectivity index (χ1) is 7.63. The summed E-state index contributed by atoms with van der Waals surface area (Å²) in [6, 6.07) is 7.74. The Morgan fingerprint density at radius 1 is 1.19 bits per heavy atom. The fraction of sp³-hybridized carbons (Fsp3) is 0. The van der Waals surface area contributed by atoms with E-state index in [1.165, 1.54) is 23.9 Å². The second-order valence-corrected chi connectivity index (χ2v) is 4.81. The first-order valence-electron chi connectivity index (χ1n) is 4.37. The number of hydrogen-bond donors (Lipinski definition) is 1. The predicted octanol–water partition coefficient (Wildman–Crippen LogP) is 3.11. The number of rotatable bonds is 2. The molecule has 0 aliphatic heterocycles. The van der Waals surface area contributed by atoms with Crippen LogP contribution in [0.25, 0.3) is 0 Å². The van der Waals surface area contributed by atoms with Gasteiger partial charge in [0.2, 0.25) is 0 Å². The summed E-state index contributed by atoms with van der Waals surface area (Å²) in [6.07, 6.45) is 0. The number of benzene rings is 1. The largest absolute Gasteiger partial charge is 0.384 e. The number of anilines is 1. The fourth-order valence-corrected chi connectivity index (χ4v) is 2.36. The second-order valence-electron chi connectivity index (χ2n) is 2.95. The van der Waals surface area contributed by atoms with Crippen LogP contribution in [0.15, 0.2) is 45.0 Å². The molecule has 0 saturated carbocycles. The van der Waals surface area contributed by atoms with Crippen LogP contribution in [0.2, 0.25) is 0 Å². The highest BCUT2D eigenvalue weighted by molar-refractivity contribution is 9.10. The molecule has 16 heavy (non-hydrogen) atoms. The van der Waals surface area contributed by atoms with Gasteiger partial charge in [-0.05, 0) is 52.0 Å². The molecule has 0 bridgehead atoms. The summed E-state index contributed by atoms with van der Waals surface area (Å²) in [4.78, 5) is 9.06. The number of halogens is 2. The Morgan fingerprint density at radius 3 is 2.50 bits per heavy atom. The molecule has 1 heterocycles. The highest BCUT2D eigenvalue weighted by Crippen LogP contribution is 2.26. The average Bonchev–Trinajstić information content (AvgIpc) is 2.20. The van der Waals surface area contributed by atoms with Crippen molar-refractivity contribution in [1.82, 2.24) is 9.97 Å². The van der Waals surface area contributed by atoms with Gasteiger partial charge >= 0.3 is 0 Å². The van der Waals surface area contributed by atoms with Gasteiger partial charge in [0.05, 0.1) is 0 Å². The Morgan fingerprint density at radius 2 is 1.88 bits per heavy atom. The lowest BCUT2D eigenvalue weighted by Crippen LogP contribution is -1.94. The third-order valence-corrected chi connectivity index (χ3v) is 3.00. The van der Waals surface area contributed by atoms with Crippen molar-refractivity contribution in [2.75, 3.05) is 5.73 Å². The lowest BCUT2D eigenvalue weighted by molar-refractivity contribution is 0.626. The zero-order valence-corrected chi connectivity index (χ0v) is 10.4. The minimum atomic E-state index is -0.265. The van der Waals surface area contributed by atoms with Crippen LogP contribution >= 0.6 is 27.7 Å². The summed E-state index contributed by atoms with van der Waals surface area (Å²) in [5.74, 6) is 0.130. The van der Waals surface area contributed by atoms with Gasteiger partial charge in [0.15, 0.2) is 5.16 Å². The van der Waals surface area contributed by atoms with E-state index in [4.69, 9.17) is 5.73 Å². The third-order valence-electron chi connectivity index (χ3n) is 1.72. The highest BCUT2D eigenvalue weighted by Gasteiger charge is 2.03. The molecule has 0 unspecified atom stereocenters. The van der Waals surface area contributed by atoms with Crippen molar-refractivity contribution in [3.63, 3.8) is 0 Å². The molecule has 0 aliphatic rings. The Labute approximate surface area is 104 Å². The van der Waals surface area contributed by atoms with E-state index in [2.05, 4.69) is 25.9 Å². The molecular weight excluding hydrogens is 293 g/mol. The average molecular weight is 300 g/mol. The predicted molar refractivity (Wildman–Crippen MR) is 64.7 cm³/mol. The summed E-state index contributed by atoms with van der Waals surface area (Å²) < 4.78 is 13.3. The van der Waals surface area contributed by atoms with Crippen molar-refractivity contribution in [3.05, 3.63) is 40.8 Å². The van der Waals surface area contributed by atoms with E-state index >= 15 is 0 Å². The van der Waals surface area contributed by atoms with Gasteiger partial charge in [-0.25, -0.2) is 14.4 Å². The molecule has 0 fully saturated rings. The summed E-state index contributed by atoms with van der Waals surface area (Å²) in [5, 5.41) is 0.526. The van der Waals surface area contributed by atoms with E-state index in [1.54, 1.807) is 18.2 Å². The number of nitrogens with zero attached hydrogens (tertiary/aromatic N) is 2. The normalized spacial score (nSPS) is 10.4. The molecule has 0 spiro atoms. The Bertz CT molecular complexity index is 484. The van der Waals surface area contributed by atoms with E-state index in [1.807, 2.05) is 0 Å². The Balaban J connectivity index is 2.23. The molecule has 2 N–H and O–H groups in total. The van der Waals surface area contributed by atoms with Gasteiger partial charge in [0.1, 0.15) is 16.2 Å². The molecule has 82 valence electrons. The van der Waals surface area contributed by atoms with E-state index in [0.717, 1.165) is 4.90 Å². The van der Waals surface area contributed by atoms with E-state index in [-0.39, 0.29) is 5.82 Å².